The van der Waals surface area contributed by atoms with Crippen molar-refractivity contribution in [3.8, 4) is 0 Å². The first-order valence-corrected chi connectivity index (χ1v) is 5.14. The molecule has 2 heterocycles. The number of carbonyl (C=O) groups is 1. The molecule has 2 aromatic rings. The molecule has 0 aliphatic carbocycles. The molecule has 80 valence electrons. The van der Waals surface area contributed by atoms with Crippen LogP contribution in [0.25, 0.3) is 0 Å². The Labute approximate surface area is 94.2 Å². The maximum atomic E-state index is 12.1. The van der Waals surface area contributed by atoms with E-state index in [-0.39, 0.29) is 11.7 Å². The van der Waals surface area contributed by atoms with Crippen LogP contribution in [-0.2, 0) is 0 Å². The topological polar surface area (TPSA) is 42.9 Å². The Balaban J connectivity index is 2.24. The van der Waals surface area contributed by atoms with Gasteiger partial charge in [-0.2, -0.15) is 0 Å². The minimum atomic E-state index is -0.219. The van der Waals surface area contributed by atoms with Crippen molar-refractivity contribution < 1.29 is 4.79 Å². The SMILES string of the molecule is CC(C(=O)c1ccncc1)c1ccccn1. The number of nitrogens with zero attached hydrogens (tertiary/aromatic N) is 2. The maximum Gasteiger partial charge on any atom is 0.171 e. The third-order valence-electron chi connectivity index (χ3n) is 2.49. The molecule has 0 saturated carbocycles. The molecule has 0 fully saturated rings. The van der Waals surface area contributed by atoms with Gasteiger partial charge in [0, 0.05) is 24.2 Å². The van der Waals surface area contributed by atoms with Gasteiger partial charge in [0.1, 0.15) is 0 Å². The van der Waals surface area contributed by atoms with Crippen molar-refractivity contribution in [1.82, 2.24) is 9.97 Å². The molecule has 0 N–H and O–H groups in total. The maximum absolute atomic E-state index is 12.1. The number of pyridine rings is 2. The van der Waals surface area contributed by atoms with Crippen molar-refractivity contribution >= 4 is 5.78 Å². The summed E-state index contributed by atoms with van der Waals surface area (Å²) < 4.78 is 0. The highest BCUT2D eigenvalue weighted by molar-refractivity contribution is 6.00. The highest BCUT2D eigenvalue weighted by Gasteiger charge is 2.17. The summed E-state index contributed by atoms with van der Waals surface area (Å²) in [4.78, 5) is 20.2. The third kappa shape index (κ3) is 2.14. The van der Waals surface area contributed by atoms with E-state index in [2.05, 4.69) is 9.97 Å². The van der Waals surface area contributed by atoms with Gasteiger partial charge in [-0.1, -0.05) is 6.07 Å². The first-order chi connectivity index (χ1) is 7.79. The first kappa shape index (κ1) is 10.5. The highest BCUT2D eigenvalue weighted by atomic mass is 16.1. The highest BCUT2D eigenvalue weighted by Crippen LogP contribution is 2.17. The quantitative estimate of drug-likeness (QED) is 0.734. The number of rotatable bonds is 3. The summed E-state index contributed by atoms with van der Waals surface area (Å²) in [7, 11) is 0. The van der Waals surface area contributed by atoms with Crippen LogP contribution < -0.4 is 0 Å². The average molecular weight is 212 g/mol. The minimum absolute atomic E-state index is 0.0705. The summed E-state index contributed by atoms with van der Waals surface area (Å²) in [5, 5.41) is 0. The van der Waals surface area contributed by atoms with E-state index in [1.807, 2.05) is 25.1 Å². The van der Waals surface area contributed by atoms with Crippen LogP contribution >= 0.6 is 0 Å². The van der Waals surface area contributed by atoms with Gasteiger partial charge < -0.3 is 0 Å². The molecule has 0 aromatic carbocycles. The van der Waals surface area contributed by atoms with E-state index in [0.29, 0.717) is 5.56 Å². The summed E-state index contributed by atoms with van der Waals surface area (Å²) in [5.74, 6) is -0.148. The Morgan fingerprint density at radius 1 is 1.12 bits per heavy atom. The lowest BCUT2D eigenvalue weighted by atomic mass is 9.97. The van der Waals surface area contributed by atoms with Crippen LogP contribution in [0.1, 0.15) is 28.9 Å². The molecular weight excluding hydrogens is 200 g/mol. The van der Waals surface area contributed by atoms with Crippen LogP contribution in [-0.4, -0.2) is 15.8 Å². The lowest BCUT2D eigenvalue weighted by molar-refractivity contribution is 0.0964. The summed E-state index contributed by atoms with van der Waals surface area (Å²) in [5.41, 5.74) is 1.47. The standard InChI is InChI=1S/C13H12N2O/c1-10(12-4-2-3-7-15-12)13(16)11-5-8-14-9-6-11/h2-10H,1H3. The van der Waals surface area contributed by atoms with Crippen LogP contribution in [0.4, 0.5) is 0 Å². The van der Waals surface area contributed by atoms with Gasteiger partial charge in [-0.3, -0.25) is 14.8 Å². The second-order valence-corrected chi connectivity index (χ2v) is 3.58. The monoisotopic (exact) mass is 212 g/mol. The predicted octanol–water partition coefficient (Wildman–Crippen LogP) is 2.46. The molecule has 1 unspecified atom stereocenters. The number of hydrogen-bond acceptors (Lipinski definition) is 3. The number of hydrogen-bond donors (Lipinski definition) is 0. The van der Waals surface area contributed by atoms with Crippen molar-refractivity contribution in [1.29, 1.82) is 0 Å². The molecule has 0 spiro atoms. The molecule has 0 radical (unpaired) electrons. The van der Waals surface area contributed by atoms with Gasteiger partial charge in [0.2, 0.25) is 0 Å². The van der Waals surface area contributed by atoms with Crippen molar-refractivity contribution in [3.63, 3.8) is 0 Å². The van der Waals surface area contributed by atoms with Gasteiger partial charge in [-0.15, -0.1) is 0 Å². The van der Waals surface area contributed by atoms with E-state index in [0.717, 1.165) is 5.69 Å². The molecule has 2 rings (SSSR count). The van der Waals surface area contributed by atoms with Crippen molar-refractivity contribution in [3.05, 3.63) is 60.2 Å². The van der Waals surface area contributed by atoms with Crippen LogP contribution in [0.2, 0.25) is 0 Å². The van der Waals surface area contributed by atoms with Crippen molar-refractivity contribution in [2.45, 2.75) is 12.8 Å². The number of Topliss-reactive ketones (excluding diaryl/α,β-unsaturated/α-hetero) is 1. The van der Waals surface area contributed by atoms with Crippen LogP contribution in [0.5, 0.6) is 0 Å². The van der Waals surface area contributed by atoms with Gasteiger partial charge >= 0.3 is 0 Å². The number of carbonyl (C=O) groups excluding carboxylic acids is 1. The largest absolute Gasteiger partial charge is 0.293 e. The molecule has 16 heavy (non-hydrogen) atoms. The molecule has 1 atom stereocenters. The zero-order valence-electron chi connectivity index (χ0n) is 9.00. The fourth-order valence-corrected chi connectivity index (χ4v) is 1.53. The number of aromatic nitrogens is 2. The fourth-order valence-electron chi connectivity index (χ4n) is 1.53. The third-order valence-corrected chi connectivity index (χ3v) is 2.49. The Bertz CT molecular complexity index is 468. The second kappa shape index (κ2) is 4.66. The molecule has 0 bridgehead atoms. The Morgan fingerprint density at radius 2 is 1.88 bits per heavy atom. The Hall–Kier alpha value is -2.03. The fraction of sp³-hybridized carbons (Fsp3) is 0.154. The smallest absolute Gasteiger partial charge is 0.171 e. The summed E-state index contributed by atoms with van der Waals surface area (Å²) in [6.45, 7) is 1.87. The van der Waals surface area contributed by atoms with Gasteiger partial charge in [-0.05, 0) is 31.2 Å². The van der Waals surface area contributed by atoms with Gasteiger partial charge in [0.25, 0.3) is 0 Å². The van der Waals surface area contributed by atoms with E-state index in [9.17, 15) is 4.79 Å². The van der Waals surface area contributed by atoms with E-state index < -0.39 is 0 Å². The normalized spacial score (nSPS) is 12.1. The summed E-state index contributed by atoms with van der Waals surface area (Å²) in [6, 6.07) is 9.04. The molecule has 0 saturated heterocycles. The second-order valence-electron chi connectivity index (χ2n) is 3.58. The predicted molar refractivity (Wildman–Crippen MR) is 61.2 cm³/mol. The Kier molecular flexibility index (Phi) is 3.05. The van der Waals surface area contributed by atoms with Crippen LogP contribution in [0.15, 0.2) is 48.9 Å². The van der Waals surface area contributed by atoms with Crippen LogP contribution in [0.3, 0.4) is 0 Å². The lowest BCUT2D eigenvalue weighted by Gasteiger charge is -2.09. The minimum Gasteiger partial charge on any atom is -0.293 e. The number of ketones is 1. The molecule has 0 aliphatic rings. The summed E-state index contributed by atoms with van der Waals surface area (Å²) >= 11 is 0. The molecule has 0 aliphatic heterocycles. The molecule has 2 aromatic heterocycles. The zero-order valence-corrected chi connectivity index (χ0v) is 9.00. The van der Waals surface area contributed by atoms with Crippen LogP contribution in [0, 0.1) is 0 Å². The Morgan fingerprint density at radius 3 is 2.50 bits per heavy atom. The van der Waals surface area contributed by atoms with E-state index >= 15 is 0 Å². The van der Waals surface area contributed by atoms with Gasteiger partial charge in [0.15, 0.2) is 5.78 Å². The van der Waals surface area contributed by atoms with E-state index in [1.165, 1.54) is 0 Å². The first-order valence-electron chi connectivity index (χ1n) is 5.14. The van der Waals surface area contributed by atoms with Crippen molar-refractivity contribution in [2.24, 2.45) is 0 Å². The summed E-state index contributed by atoms with van der Waals surface area (Å²) in [6.07, 6.45) is 4.95. The van der Waals surface area contributed by atoms with E-state index in [4.69, 9.17) is 0 Å². The van der Waals surface area contributed by atoms with Crippen molar-refractivity contribution in [2.75, 3.05) is 0 Å². The van der Waals surface area contributed by atoms with Gasteiger partial charge in [-0.25, -0.2) is 0 Å². The zero-order chi connectivity index (χ0) is 11.4. The molecule has 3 nitrogen and oxygen atoms in total. The molecular formula is C13H12N2O. The average Bonchev–Trinajstić information content (AvgIpc) is 2.39. The van der Waals surface area contributed by atoms with E-state index in [1.54, 1.807) is 30.7 Å². The lowest BCUT2D eigenvalue weighted by Crippen LogP contribution is -2.10. The molecule has 0 amide bonds. The van der Waals surface area contributed by atoms with Gasteiger partial charge in [0.05, 0.1) is 11.6 Å². The molecule has 3 heteroatoms.